The Morgan fingerprint density at radius 2 is 0.786 bits per heavy atom. The first kappa shape index (κ1) is 23.0. The highest BCUT2D eigenvalue weighted by Gasteiger charge is 2.18. The molecular weight excluding hydrogens is 516 g/mol. The van der Waals surface area contributed by atoms with Gasteiger partial charge in [-0.25, -0.2) is 0 Å². The molecule has 9 rings (SSSR count). The minimum absolute atomic E-state index is 0.816. The van der Waals surface area contributed by atoms with Gasteiger partial charge in [0.25, 0.3) is 0 Å². The van der Waals surface area contributed by atoms with Gasteiger partial charge >= 0.3 is 0 Å². The number of nitrogens with zero attached hydrogens (tertiary/aromatic N) is 2. The summed E-state index contributed by atoms with van der Waals surface area (Å²) < 4.78 is 16.1. The van der Waals surface area contributed by atoms with Crippen molar-refractivity contribution in [3.05, 3.63) is 146 Å². The third-order valence-electron chi connectivity index (χ3n) is 8.35. The number of hydrogen-bond acceptors (Lipinski definition) is 2. The van der Waals surface area contributed by atoms with Crippen LogP contribution in [-0.2, 0) is 0 Å². The average Bonchev–Trinajstić information content (AvgIpc) is 3.86. The lowest BCUT2D eigenvalue weighted by molar-refractivity contribution is 0.546. The van der Waals surface area contributed by atoms with Gasteiger partial charge in [0.15, 0.2) is 0 Å². The number of rotatable bonds is 4. The zero-order chi connectivity index (χ0) is 27.6. The highest BCUT2D eigenvalue weighted by molar-refractivity contribution is 6.12. The lowest BCUT2D eigenvalue weighted by atomic mass is 9.93. The molecule has 0 spiro atoms. The first-order valence-electron chi connectivity index (χ1n) is 14.1. The van der Waals surface area contributed by atoms with Gasteiger partial charge in [0, 0.05) is 33.7 Å². The van der Waals surface area contributed by atoms with Crippen molar-refractivity contribution in [3.8, 4) is 34.0 Å². The van der Waals surface area contributed by atoms with E-state index in [1.54, 1.807) is 12.5 Å². The van der Waals surface area contributed by atoms with Crippen molar-refractivity contribution in [1.29, 1.82) is 0 Å². The summed E-state index contributed by atoms with van der Waals surface area (Å²) in [7, 11) is 0. The maximum Gasteiger partial charge on any atom is 0.204 e. The molecule has 5 aromatic carbocycles. The largest absolute Gasteiger partial charge is 0.448 e. The lowest BCUT2D eigenvalue weighted by Crippen LogP contribution is -1.91. The van der Waals surface area contributed by atoms with Crippen LogP contribution in [0.2, 0.25) is 0 Å². The highest BCUT2D eigenvalue weighted by atomic mass is 16.3. The SMILES string of the molecule is c1coc(-n2c3ccccc3c3cc(-c4ccccc4-c4ccc5c(c4)c4ccccc4n5-c4ccco4)ccc32)c1. The summed E-state index contributed by atoms with van der Waals surface area (Å²) in [5.41, 5.74) is 9.26. The van der Waals surface area contributed by atoms with Gasteiger partial charge in [-0.15, -0.1) is 0 Å². The summed E-state index contributed by atoms with van der Waals surface area (Å²) in [6.07, 6.45) is 3.45. The van der Waals surface area contributed by atoms with E-state index in [1.165, 1.54) is 43.8 Å². The smallest absolute Gasteiger partial charge is 0.204 e. The molecule has 198 valence electrons. The van der Waals surface area contributed by atoms with Gasteiger partial charge in [0.1, 0.15) is 0 Å². The van der Waals surface area contributed by atoms with Crippen molar-refractivity contribution >= 4 is 43.6 Å². The standard InChI is InChI=1S/C38H24N2O2/c1-2-10-28(26-18-20-36-32(24-26)30-12-4-6-14-34(30)40(36)38-16-8-22-42-38)27(9-1)25-17-19-35-31(23-25)29-11-3-5-13-33(29)39(35)37-15-7-21-41-37/h1-24H. The first-order valence-corrected chi connectivity index (χ1v) is 14.1. The molecule has 4 heteroatoms. The van der Waals surface area contributed by atoms with Crippen LogP contribution in [0.4, 0.5) is 0 Å². The third-order valence-corrected chi connectivity index (χ3v) is 8.35. The van der Waals surface area contributed by atoms with Crippen LogP contribution in [0, 0.1) is 0 Å². The normalized spacial score (nSPS) is 11.8. The molecule has 0 unspecified atom stereocenters. The van der Waals surface area contributed by atoms with Gasteiger partial charge in [0.05, 0.1) is 34.6 Å². The minimum atomic E-state index is 0.816. The van der Waals surface area contributed by atoms with E-state index in [1.807, 2.05) is 24.3 Å². The predicted molar refractivity (Wildman–Crippen MR) is 171 cm³/mol. The topological polar surface area (TPSA) is 36.1 Å². The summed E-state index contributed by atoms with van der Waals surface area (Å²) in [5.74, 6) is 1.63. The first-order chi connectivity index (χ1) is 20.8. The van der Waals surface area contributed by atoms with Gasteiger partial charge in [0.2, 0.25) is 11.8 Å². The fraction of sp³-hybridized carbons (Fsp3) is 0. The minimum Gasteiger partial charge on any atom is -0.448 e. The van der Waals surface area contributed by atoms with Crippen LogP contribution in [0.15, 0.2) is 155 Å². The van der Waals surface area contributed by atoms with Gasteiger partial charge in [-0.1, -0.05) is 72.8 Å². The average molecular weight is 541 g/mol. The molecule has 0 N–H and O–H groups in total. The molecule has 0 bridgehead atoms. The van der Waals surface area contributed by atoms with Crippen molar-refractivity contribution < 1.29 is 8.83 Å². The molecule has 9 aromatic rings. The van der Waals surface area contributed by atoms with E-state index in [9.17, 15) is 0 Å². The number of furan rings is 2. The Hall–Kier alpha value is -5.74. The third kappa shape index (κ3) is 3.29. The number of hydrogen-bond donors (Lipinski definition) is 0. The Bertz CT molecular complexity index is 2230. The van der Waals surface area contributed by atoms with Crippen LogP contribution in [0.1, 0.15) is 0 Å². The summed E-state index contributed by atoms with van der Waals surface area (Å²) in [4.78, 5) is 0. The Morgan fingerprint density at radius 1 is 0.357 bits per heavy atom. The van der Waals surface area contributed by atoms with Crippen LogP contribution in [0.5, 0.6) is 0 Å². The number of fused-ring (bicyclic) bond motifs is 6. The summed E-state index contributed by atoms with van der Waals surface area (Å²) in [6, 6.07) is 47.1. The highest BCUT2D eigenvalue weighted by Crippen LogP contribution is 2.40. The Morgan fingerprint density at radius 3 is 1.24 bits per heavy atom. The molecule has 4 heterocycles. The number of aromatic nitrogens is 2. The Labute approximate surface area is 241 Å². The molecule has 0 fully saturated rings. The predicted octanol–water partition coefficient (Wildman–Crippen LogP) is 10.4. The van der Waals surface area contributed by atoms with Gasteiger partial charge in [-0.3, -0.25) is 9.13 Å². The number of para-hydroxylation sites is 2. The molecule has 0 aliphatic rings. The second-order valence-corrected chi connectivity index (χ2v) is 10.6. The monoisotopic (exact) mass is 540 g/mol. The number of benzene rings is 5. The van der Waals surface area contributed by atoms with Crippen molar-refractivity contribution in [2.24, 2.45) is 0 Å². The summed E-state index contributed by atoms with van der Waals surface area (Å²) in [5, 5.41) is 4.81. The Kier molecular flexibility index (Phi) is 4.87. The molecule has 42 heavy (non-hydrogen) atoms. The fourth-order valence-electron chi connectivity index (χ4n) is 6.54. The zero-order valence-electron chi connectivity index (χ0n) is 22.6. The van der Waals surface area contributed by atoms with E-state index in [4.69, 9.17) is 8.83 Å². The van der Waals surface area contributed by atoms with Gasteiger partial charge < -0.3 is 8.83 Å². The second-order valence-electron chi connectivity index (χ2n) is 10.6. The van der Waals surface area contributed by atoms with Gasteiger partial charge in [-0.2, -0.15) is 0 Å². The van der Waals surface area contributed by atoms with E-state index < -0.39 is 0 Å². The van der Waals surface area contributed by atoms with Crippen LogP contribution in [-0.4, -0.2) is 9.13 Å². The van der Waals surface area contributed by atoms with Crippen LogP contribution in [0.25, 0.3) is 77.6 Å². The van der Waals surface area contributed by atoms with Crippen molar-refractivity contribution in [2.45, 2.75) is 0 Å². The molecule has 0 aliphatic heterocycles. The van der Waals surface area contributed by atoms with Crippen molar-refractivity contribution in [2.75, 3.05) is 0 Å². The fourth-order valence-corrected chi connectivity index (χ4v) is 6.54. The van der Waals surface area contributed by atoms with Gasteiger partial charge in [-0.05, 0) is 70.8 Å². The van der Waals surface area contributed by atoms with E-state index in [2.05, 4.69) is 118 Å². The van der Waals surface area contributed by atoms with Crippen LogP contribution in [0.3, 0.4) is 0 Å². The molecule has 0 saturated carbocycles. The van der Waals surface area contributed by atoms with E-state index in [-0.39, 0.29) is 0 Å². The molecule has 0 radical (unpaired) electrons. The molecule has 0 aliphatic carbocycles. The molecular formula is C38H24N2O2. The van der Waals surface area contributed by atoms with Crippen molar-refractivity contribution in [1.82, 2.24) is 9.13 Å². The molecule has 4 aromatic heterocycles. The summed E-state index contributed by atoms with van der Waals surface area (Å²) >= 11 is 0. The molecule has 4 nitrogen and oxygen atoms in total. The van der Waals surface area contributed by atoms with E-state index in [0.717, 1.165) is 33.8 Å². The molecule has 0 atom stereocenters. The van der Waals surface area contributed by atoms with Crippen LogP contribution < -0.4 is 0 Å². The zero-order valence-corrected chi connectivity index (χ0v) is 22.6. The van der Waals surface area contributed by atoms with E-state index in [0.29, 0.717) is 0 Å². The molecule has 0 saturated heterocycles. The van der Waals surface area contributed by atoms with Crippen molar-refractivity contribution in [3.63, 3.8) is 0 Å². The maximum absolute atomic E-state index is 5.83. The molecule has 0 amide bonds. The Balaban J connectivity index is 1.25. The second kappa shape index (κ2) is 8.88. The lowest BCUT2D eigenvalue weighted by Gasteiger charge is -2.12. The summed E-state index contributed by atoms with van der Waals surface area (Å²) in [6.45, 7) is 0. The van der Waals surface area contributed by atoms with Crippen LogP contribution >= 0.6 is 0 Å². The maximum atomic E-state index is 5.83. The van der Waals surface area contributed by atoms with E-state index >= 15 is 0 Å². The quantitative estimate of drug-likeness (QED) is 0.223.